The number of phenols is 1. The Bertz CT molecular complexity index is 1070. The number of carbonyl (C=O) groups is 3. The summed E-state index contributed by atoms with van der Waals surface area (Å²) in [5.41, 5.74) is 2.19. The molecule has 0 aromatic heterocycles. The van der Waals surface area contributed by atoms with Crippen LogP contribution in [0.5, 0.6) is 11.5 Å². The van der Waals surface area contributed by atoms with Crippen molar-refractivity contribution in [2.75, 3.05) is 27.4 Å². The van der Waals surface area contributed by atoms with E-state index in [1.807, 2.05) is 20.8 Å². The number of rotatable bonds is 8. The summed E-state index contributed by atoms with van der Waals surface area (Å²) in [6.45, 7) is 7.59. The highest BCUT2D eigenvalue weighted by atomic mass is 16.6. The molecule has 9 nitrogen and oxygen atoms in total. The Kier molecular flexibility index (Phi) is 8.22. The number of ketones is 1. The molecule has 1 aliphatic heterocycles. The van der Waals surface area contributed by atoms with Crippen molar-refractivity contribution in [1.29, 1.82) is 0 Å². The zero-order valence-corrected chi connectivity index (χ0v) is 21.0. The Morgan fingerprint density at radius 3 is 2.51 bits per heavy atom. The fourth-order valence-electron chi connectivity index (χ4n) is 4.67. The number of carbonyl (C=O) groups excluding carboxylic acids is 3. The lowest BCUT2D eigenvalue weighted by atomic mass is 9.69. The lowest BCUT2D eigenvalue weighted by molar-refractivity contribution is -0.151. The van der Waals surface area contributed by atoms with Crippen molar-refractivity contribution >= 4 is 17.7 Å². The van der Waals surface area contributed by atoms with Crippen LogP contribution in [0.1, 0.15) is 45.6 Å². The molecular formula is C26H33NO8. The van der Waals surface area contributed by atoms with E-state index in [9.17, 15) is 19.5 Å². The summed E-state index contributed by atoms with van der Waals surface area (Å²) >= 11 is 0. The molecule has 2 N–H and O–H groups in total. The van der Waals surface area contributed by atoms with Gasteiger partial charge in [0, 0.05) is 22.9 Å². The smallest absolute Gasteiger partial charge is 0.336 e. The second-order valence-electron chi connectivity index (χ2n) is 9.02. The standard InChI is InChI=1S/C26H33NO8/c1-13(2)34-9-10-35-26(31)21-15(4)27-17-11-14(3)20(25(30)33-6)24(29)23(17)22(21)16-7-8-19(32-5)18(28)12-16/h7-8,12-14,20,22,27-28H,9-11H2,1-6H3/t14-,20-,22+/m0/s1. The molecule has 3 atom stereocenters. The minimum atomic E-state index is -0.995. The third-order valence-electron chi connectivity index (χ3n) is 6.27. The van der Waals surface area contributed by atoms with Gasteiger partial charge in [0.2, 0.25) is 0 Å². The van der Waals surface area contributed by atoms with Gasteiger partial charge in [0.1, 0.15) is 12.5 Å². The highest BCUT2D eigenvalue weighted by Crippen LogP contribution is 2.46. The molecule has 1 aromatic rings. The van der Waals surface area contributed by atoms with Crippen LogP contribution in [0.2, 0.25) is 0 Å². The van der Waals surface area contributed by atoms with Gasteiger partial charge in [-0.25, -0.2) is 4.79 Å². The fraction of sp³-hybridized carbons (Fsp3) is 0.500. The molecule has 35 heavy (non-hydrogen) atoms. The Morgan fingerprint density at radius 2 is 1.91 bits per heavy atom. The van der Waals surface area contributed by atoms with Crippen LogP contribution in [-0.4, -0.2) is 56.4 Å². The number of ether oxygens (including phenoxy) is 4. The lowest BCUT2D eigenvalue weighted by Gasteiger charge is -2.38. The summed E-state index contributed by atoms with van der Waals surface area (Å²) in [6.07, 6.45) is 0.410. The van der Waals surface area contributed by atoms with Gasteiger partial charge < -0.3 is 29.4 Å². The van der Waals surface area contributed by atoms with E-state index in [0.29, 0.717) is 29.0 Å². The van der Waals surface area contributed by atoms with E-state index in [2.05, 4.69) is 5.32 Å². The molecule has 0 saturated heterocycles. The maximum absolute atomic E-state index is 13.7. The Hall–Kier alpha value is -3.33. The van der Waals surface area contributed by atoms with Gasteiger partial charge in [0.05, 0.1) is 32.5 Å². The van der Waals surface area contributed by atoms with Gasteiger partial charge in [-0.2, -0.15) is 0 Å². The van der Waals surface area contributed by atoms with E-state index in [1.165, 1.54) is 20.3 Å². The summed E-state index contributed by atoms with van der Waals surface area (Å²) in [4.78, 5) is 39.5. The molecule has 0 saturated carbocycles. The molecule has 0 amide bonds. The van der Waals surface area contributed by atoms with Crippen molar-refractivity contribution in [2.24, 2.45) is 11.8 Å². The van der Waals surface area contributed by atoms with Crippen LogP contribution < -0.4 is 10.1 Å². The van der Waals surface area contributed by atoms with Gasteiger partial charge in [-0.05, 0) is 50.8 Å². The zero-order valence-electron chi connectivity index (χ0n) is 21.0. The number of esters is 2. The first-order valence-corrected chi connectivity index (χ1v) is 11.6. The predicted molar refractivity (Wildman–Crippen MR) is 127 cm³/mol. The number of phenolic OH excluding ortho intramolecular Hbond substituents is 1. The summed E-state index contributed by atoms with van der Waals surface area (Å²) in [6, 6.07) is 4.70. The van der Waals surface area contributed by atoms with Crippen LogP contribution in [0.4, 0.5) is 0 Å². The molecule has 2 aliphatic rings. The van der Waals surface area contributed by atoms with Crippen LogP contribution >= 0.6 is 0 Å². The van der Waals surface area contributed by atoms with Crippen molar-refractivity contribution in [3.63, 3.8) is 0 Å². The predicted octanol–water partition coefficient (Wildman–Crippen LogP) is 2.98. The van der Waals surface area contributed by atoms with Gasteiger partial charge in [-0.1, -0.05) is 13.0 Å². The van der Waals surface area contributed by atoms with Crippen LogP contribution in [0.15, 0.2) is 40.7 Å². The number of dihydropyridines is 1. The molecule has 1 heterocycles. The number of Topliss-reactive ketones (excluding diaryl/α,β-unsaturated/α-hetero) is 1. The summed E-state index contributed by atoms with van der Waals surface area (Å²) in [5, 5.41) is 13.7. The summed E-state index contributed by atoms with van der Waals surface area (Å²) < 4.78 is 21.0. The van der Waals surface area contributed by atoms with Crippen molar-refractivity contribution in [3.8, 4) is 11.5 Å². The molecule has 3 rings (SSSR count). The third-order valence-corrected chi connectivity index (χ3v) is 6.27. The first kappa shape index (κ1) is 26.3. The van der Waals surface area contributed by atoms with Crippen LogP contribution in [-0.2, 0) is 28.6 Å². The molecule has 1 aliphatic carbocycles. The maximum Gasteiger partial charge on any atom is 0.336 e. The van der Waals surface area contributed by atoms with Crippen molar-refractivity contribution in [2.45, 2.75) is 46.1 Å². The molecule has 9 heteroatoms. The third kappa shape index (κ3) is 5.35. The molecule has 1 aromatic carbocycles. The fourth-order valence-corrected chi connectivity index (χ4v) is 4.67. The molecule has 190 valence electrons. The van der Waals surface area contributed by atoms with E-state index in [1.54, 1.807) is 19.1 Å². The largest absolute Gasteiger partial charge is 0.504 e. The number of benzene rings is 1. The van der Waals surface area contributed by atoms with Crippen molar-refractivity contribution in [3.05, 3.63) is 46.3 Å². The number of hydrogen-bond acceptors (Lipinski definition) is 9. The highest BCUT2D eigenvalue weighted by molar-refractivity contribution is 6.12. The molecular weight excluding hydrogens is 454 g/mol. The topological polar surface area (TPSA) is 120 Å². The van der Waals surface area contributed by atoms with Gasteiger partial charge in [-0.15, -0.1) is 0 Å². The molecule has 0 bridgehead atoms. The van der Waals surface area contributed by atoms with E-state index in [0.717, 1.165) is 0 Å². The molecule has 0 fully saturated rings. The number of hydrogen-bond donors (Lipinski definition) is 2. The highest BCUT2D eigenvalue weighted by Gasteiger charge is 2.47. The average Bonchev–Trinajstić information content (AvgIpc) is 2.80. The number of allylic oxidation sites excluding steroid dienone is 3. The number of nitrogens with one attached hydrogen (secondary N) is 1. The normalized spacial score (nSPS) is 22.0. The van der Waals surface area contributed by atoms with Crippen molar-refractivity contribution < 1.29 is 38.4 Å². The SMILES string of the molecule is COC(=O)[C@@H]1C(=O)C2=C(C[C@@H]1C)NC(C)=C(C(=O)OCCOC(C)C)[C@H]2c1ccc(OC)c(O)c1. The summed E-state index contributed by atoms with van der Waals surface area (Å²) in [7, 11) is 2.68. The van der Waals surface area contributed by atoms with Gasteiger partial charge in [0.25, 0.3) is 0 Å². The zero-order chi connectivity index (χ0) is 25.9. The molecule has 0 radical (unpaired) electrons. The van der Waals surface area contributed by atoms with Crippen LogP contribution in [0.3, 0.4) is 0 Å². The molecule has 0 unspecified atom stereocenters. The Morgan fingerprint density at radius 1 is 1.20 bits per heavy atom. The average molecular weight is 488 g/mol. The second-order valence-corrected chi connectivity index (χ2v) is 9.02. The van der Waals surface area contributed by atoms with Crippen LogP contribution in [0.25, 0.3) is 0 Å². The van der Waals surface area contributed by atoms with E-state index in [4.69, 9.17) is 18.9 Å². The van der Waals surface area contributed by atoms with Gasteiger partial charge in [-0.3, -0.25) is 9.59 Å². The van der Waals surface area contributed by atoms with Gasteiger partial charge >= 0.3 is 11.9 Å². The lowest BCUT2D eigenvalue weighted by Crippen LogP contribution is -2.43. The van der Waals surface area contributed by atoms with E-state index < -0.39 is 29.6 Å². The Labute approximate surface area is 205 Å². The van der Waals surface area contributed by atoms with E-state index in [-0.39, 0.29) is 42.3 Å². The van der Waals surface area contributed by atoms with Crippen LogP contribution in [0, 0.1) is 11.8 Å². The monoisotopic (exact) mass is 487 g/mol. The first-order valence-electron chi connectivity index (χ1n) is 11.6. The Balaban J connectivity index is 2.08. The summed E-state index contributed by atoms with van der Waals surface area (Å²) in [5.74, 6) is -3.67. The number of aromatic hydroxyl groups is 1. The first-order chi connectivity index (χ1) is 16.6. The minimum Gasteiger partial charge on any atom is -0.504 e. The number of methoxy groups -OCH3 is 2. The molecule has 0 spiro atoms. The minimum absolute atomic E-state index is 0.00848. The quantitative estimate of drug-likeness (QED) is 0.324. The van der Waals surface area contributed by atoms with E-state index >= 15 is 0 Å². The van der Waals surface area contributed by atoms with Gasteiger partial charge in [0.15, 0.2) is 17.3 Å². The maximum atomic E-state index is 13.7. The van der Waals surface area contributed by atoms with Crippen molar-refractivity contribution in [1.82, 2.24) is 5.32 Å². The second kappa shape index (κ2) is 10.9.